The van der Waals surface area contributed by atoms with Crippen molar-refractivity contribution < 1.29 is 36.0 Å². The van der Waals surface area contributed by atoms with Crippen LogP contribution >= 0.6 is 23.4 Å². The fourth-order valence-electron chi connectivity index (χ4n) is 1.87. The fourth-order valence-corrected chi connectivity index (χ4v) is 3.20. The van der Waals surface area contributed by atoms with Crippen molar-refractivity contribution >= 4 is 29.3 Å². The Bertz CT molecular complexity index is 615. The van der Waals surface area contributed by atoms with E-state index in [0.29, 0.717) is 10.6 Å². The van der Waals surface area contributed by atoms with Crippen LogP contribution in [0.1, 0.15) is 5.56 Å². The highest BCUT2D eigenvalue weighted by atomic mass is 35.5. The van der Waals surface area contributed by atoms with E-state index in [9.17, 15) is 31.1 Å². The smallest absolute Gasteiger partial charge is 0.361 e. The van der Waals surface area contributed by atoms with Crippen LogP contribution in [-0.4, -0.2) is 36.1 Å². The zero-order chi connectivity index (χ0) is 18.1. The summed E-state index contributed by atoms with van der Waals surface area (Å²) in [5.41, 5.74) is -0.856. The molecule has 0 spiro atoms. The largest absolute Gasteiger partial charge is 0.492 e. The first-order valence-electron chi connectivity index (χ1n) is 6.50. The van der Waals surface area contributed by atoms with Crippen LogP contribution in [0, 0.1) is 5.92 Å². The van der Waals surface area contributed by atoms with Crippen LogP contribution in [0.15, 0.2) is 23.1 Å². The highest BCUT2D eigenvalue weighted by molar-refractivity contribution is 7.99. The van der Waals surface area contributed by atoms with E-state index in [1.807, 2.05) is 0 Å². The van der Waals surface area contributed by atoms with E-state index in [0.717, 1.165) is 17.2 Å². The minimum Gasteiger partial charge on any atom is -0.361 e. The van der Waals surface area contributed by atoms with Gasteiger partial charge in [0.1, 0.15) is 0 Å². The summed E-state index contributed by atoms with van der Waals surface area (Å²) in [6.45, 7) is 0.236. The second-order valence-corrected chi connectivity index (χ2v) is 6.51. The highest BCUT2D eigenvalue weighted by Crippen LogP contribution is 2.36. The predicted octanol–water partition coefficient (Wildman–Crippen LogP) is 4.40. The van der Waals surface area contributed by atoms with Gasteiger partial charge in [-0.25, -0.2) is 4.79 Å². The number of nitrogens with zero attached hydrogens (tertiary/aromatic N) is 1. The lowest BCUT2D eigenvalue weighted by Crippen LogP contribution is -2.50. The topological polar surface area (TPSA) is 29.5 Å². The molecule has 1 saturated heterocycles. The Morgan fingerprint density at radius 2 is 1.88 bits per heavy atom. The molecule has 1 aromatic rings. The number of alkyl halides is 6. The van der Waals surface area contributed by atoms with E-state index in [-0.39, 0.29) is 24.0 Å². The monoisotopic (exact) mass is 393 g/mol. The zero-order valence-electron chi connectivity index (χ0n) is 11.7. The molecular weight excluding hydrogens is 384 g/mol. The molecule has 0 radical (unpaired) electrons. The van der Waals surface area contributed by atoms with Gasteiger partial charge in [0, 0.05) is 29.7 Å². The summed E-state index contributed by atoms with van der Waals surface area (Å²) in [5.74, 6) is -1.92. The van der Waals surface area contributed by atoms with Gasteiger partial charge in [-0.15, -0.1) is 16.8 Å². The molecule has 1 aromatic carbocycles. The van der Waals surface area contributed by atoms with E-state index < -0.39 is 23.9 Å². The molecule has 0 bridgehead atoms. The van der Waals surface area contributed by atoms with Crippen LogP contribution in [0.25, 0.3) is 0 Å². The van der Waals surface area contributed by atoms with Crippen molar-refractivity contribution in [3.8, 4) is 0 Å². The van der Waals surface area contributed by atoms with Gasteiger partial charge in [-0.3, -0.25) is 0 Å². The van der Waals surface area contributed by atoms with Crippen LogP contribution in [-0.2, 0) is 15.8 Å². The molecule has 11 heteroatoms. The average Bonchev–Trinajstić information content (AvgIpc) is 2.39. The molecule has 0 unspecified atom stereocenters. The highest BCUT2D eigenvalue weighted by Gasteiger charge is 2.44. The quantitative estimate of drug-likeness (QED) is 0.560. The third kappa shape index (κ3) is 4.93. The number of carbonyl (C=O) groups is 1. The molecule has 1 fully saturated rings. The lowest BCUT2D eigenvalue weighted by atomic mass is 10.1. The number of thioether (sulfide) groups is 1. The Balaban J connectivity index is 1.79. The molecule has 0 aromatic heterocycles. The van der Waals surface area contributed by atoms with Crippen LogP contribution < -0.4 is 0 Å². The van der Waals surface area contributed by atoms with E-state index in [1.54, 1.807) is 0 Å². The summed E-state index contributed by atoms with van der Waals surface area (Å²) < 4.78 is 73.5. The number of carbonyl (C=O) groups excluding carboxylic acids is 1. The molecule has 0 saturated carbocycles. The van der Waals surface area contributed by atoms with Crippen molar-refractivity contribution in [2.24, 2.45) is 5.92 Å². The van der Waals surface area contributed by atoms with Crippen LogP contribution in [0.3, 0.4) is 0 Å². The van der Waals surface area contributed by atoms with Crippen LogP contribution in [0.5, 0.6) is 0 Å². The maximum atomic E-state index is 12.5. The van der Waals surface area contributed by atoms with E-state index >= 15 is 0 Å². The molecule has 24 heavy (non-hydrogen) atoms. The number of hydroxylamine groups is 2. The second kappa shape index (κ2) is 7.01. The van der Waals surface area contributed by atoms with Crippen molar-refractivity contribution in [1.82, 2.24) is 5.06 Å². The summed E-state index contributed by atoms with van der Waals surface area (Å²) in [5, 5.41) is 0.838. The first-order chi connectivity index (χ1) is 11.0. The van der Waals surface area contributed by atoms with E-state index in [1.165, 1.54) is 17.8 Å². The summed E-state index contributed by atoms with van der Waals surface area (Å²) >= 11 is 6.99. The number of halogens is 7. The number of hydrogen-bond acceptors (Lipinski definition) is 4. The molecular formula is C13H10ClF6NO2S. The molecule has 1 aliphatic rings. The van der Waals surface area contributed by atoms with Gasteiger partial charge in [0.2, 0.25) is 0 Å². The first kappa shape index (κ1) is 19.2. The Morgan fingerprint density at radius 3 is 2.38 bits per heavy atom. The molecule has 0 amide bonds. The molecule has 1 heterocycles. The van der Waals surface area contributed by atoms with Crippen LogP contribution in [0.2, 0.25) is 5.02 Å². The van der Waals surface area contributed by atoms with Crippen molar-refractivity contribution in [2.45, 2.75) is 17.2 Å². The van der Waals surface area contributed by atoms with Gasteiger partial charge in [-0.2, -0.15) is 26.3 Å². The molecule has 134 valence electrons. The molecule has 0 atom stereocenters. The van der Waals surface area contributed by atoms with Crippen molar-refractivity contribution in [1.29, 1.82) is 0 Å². The lowest BCUT2D eigenvalue weighted by molar-refractivity contribution is -0.256. The minimum absolute atomic E-state index is 0.0468. The SMILES string of the molecule is O=C(ON1CC(CSc2ccc(C(F)(F)F)cc2Cl)C1)C(F)(F)F. The molecule has 0 aliphatic carbocycles. The Kier molecular flexibility index (Phi) is 5.61. The van der Waals surface area contributed by atoms with Crippen molar-refractivity contribution in [3.63, 3.8) is 0 Å². The van der Waals surface area contributed by atoms with Gasteiger partial charge in [0.15, 0.2) is 0 Å². The Morgan fingerprint density at radius 1 is 1.25 bits per heavy atom. The summed E-state index contributed by atoms with van der Waals surface area (Å²) in [4.78, 5) is 15.2. The third-order valence-electron chi connectivity index (χ3n) is 3.10. The predicted molar refractivity (Wildman–Crippen MR) is 74.4 cm³/mol. The fraction of sp³-hybridized carbons (Fsp3) is 0.462. The maximum absolute atomic E-state index is 12.5. The number of hydrogen-bond donors (Lipinski definition) is 0. The van der Waals surface area contributed by atoms with Gasteiger partial charge in [-0.1, -0.05) is 11.6 Å². The standard InChI is InChI=1S/C13H10ClF6NO2S/c14-9-3-8(12(15,16)17)1-2-10(9)24-6-7-4-21(5-7)23-11(22)13(18,19)20/h1-3,7H,4-6H2. The van der Waals surface area contributed by atoms with Gasteiger partial charge in [-0.05, 0) is 18.2 Å². The van der Waals surface area contributed by atoms with Gasteiger partial charge < -0.3 is 4.84 Å². The Hall–Kier alpha value is -1.13. The number of benzene rings is 1. The maximum Gasteiger partial charge on any atom is 0.492 e. The second-order valence-electron chi connectivity index (χ2n) is 5.04. The first-order valence-corrected chi connectivity index (χ1v) is 7.87. The zero-order valence-corrected chi connectivity index (χ0v) is 13.3. The van der Waals surface area contributed by atoms with E-state index in [2.05, 4.69) is 4.84 Å². The Labute approximate surface area is 141 Å². The normalized spacial score (nSPS) is 16.8. The van der Waals surface area contributed by atoms with Gasteiger partial charge >= 0.3 is 18.3 Å². The average molecular weight is 394 g/mol. The minimum atomic E-state index is -5.05. The molecule has 1 aliphatic heterocycles. The molecule has 3 nitrogen and oxygen atoms in total. The van der Waals surface area contributed by atoms with Gasteiger partial charge in [0.25, 0.3) is 0 Å². The van der Waals surface area contributed by atoms with E-state index in [4.69, 9.17) is 11.6 Å². The molecule has 2 rings (SSSR count). The van der Waals surface area contributed by atoms with Gasteiger partial charge in [0.05, 0.1) is 10.6 Å². The molecule has 0 N–H and O–H groups in total. The summed E-state index contributed by atoms with van der Waals surface area (Å²) in [6, 6.07) is 2.98. The van der Waals surface area contributed by atoms with Crippen LogP contribution in [0.4, 0.5) is 26.3 Å². The lowest BCUT2D eigenvalue weighted by Gasteiger charge is -2.36. The third-order valence-corrected chi connectivity index (χ3v) is 4.83. The summed E-state index contributed by atoms with van der Waals surface area (Å²) in [7, 11) is 0. The van der Waals surface area contributed by atoms with Crippen molar-refractivity contribution in [3.05, 3.63) is 28.8 Å². The number of rotatable bonds is 4. The summed E-state index contributed by atoms with van der Waals surface area (Å²) in [6.07, 6.45) is -9.53. The van der Waals surface area contributed by atoms with Crippen molar-refractivity contribution in [2.75, 3.05) is 18.8 Å².